The highest BCUT2D eigenvalue weighted by molar-refractivity contribution is 5.20. The maximum atomic E-state index is 6.34. The molecule has 0 aromatic heterocycles. The third-order valence-electron chi connectivity index (χ3n) is 4.50. The van der Waals surface area contributed by atoms with Gasteiger partial charge in [0.25, 0.3) is 0 Å². The molecule has 0 bridgehead atoms. The van der Waals surface area contributed by atoms with Crippen molar-refractivity contribution >= 4 is 0 Å². The first kappa shape index (κ1) is 15.5. The zero-order valence-corrected chi connectivity index (χ0v) is 12.8. The normalized spacial score (nSPS) is 26.9. The molecule has 0 aliphatic heterocycles. The average Bonchev–Trinajstić information content (AvgIpc) is 2.49. The van der Waals surface area contributed by atoms with E-state index in [4.69, 9.17) is 10.5 Å². The van der Waals surface area contributed by atoms with Gasteiger partial charge in [0.05, 0.1) is 6.61 Å². The standard InChI is InChI=1S/C17H28N2O/c1-3-20-12-11-19(2)17-13-15(9-10-16(17)18)14-7-5-4-6-8-14/h4-8,15-17H,3,9-13,18H2,1-2H3. The van der Waals surface area contributed by atoms with Crippen LogP contribution >= 0.6 is 0 Å². The van der Waals surface area contributed by atoms with Gasteiger partial charge in [0.15, 0.2) is 0 Å². The Labute approximate surface area is 123 Å². The second kappa shape index (κ2) is 7.77. The van der Waals surface area contributed by atoms with Gasteiger partial charge in [-0.15, -0.1) is 0 Å². The van der Waals surface area contributed by atoms with E-state index in [9.17, 15) is 0 Å². The molecular formula is C17H28N2O. The SMILES string of the molecule is CCOCCN(C)C1CC(c2ccccc2)CCC1N. The number of hydrogen-bond donors (Lipinski definition) is 1. The zero-order chi connectivity index (χ0) is 14.4. The number of rotatable bonds is 6. The van der Waals surface area contributed by atoms with Crippen molar-refractivity contribution in [1.82, 2.24) is 4.90 Å². The quantitative estimate of drug-likeness (QED) is 0.812. The van der Waals surface area contributed by atoms with E-state index in [0.717, 1.165) is 32.6 Å². The Morgan fingerprint density at radius 3 is 2.70 bits per heavy atom. The Kier molecular flexibility index (Phi) is 6.02. The minimum Gasteiger partial charge on any atom is -0.380 e. The van der Waals surface area contributed by atoms with Crippen molar-refractivity contribution in [3.8, 4) is 0 Å². The molecule has 3 nitrogen and oxygen atoms in total. The first-order valence-corrected chi connectivity index (χ1v) is 7.81. The van der Waals surface area contributed by atoms with Crippen LogP contribution in [0, 0.1) is 0 Å². The van der Waals surface area contributed by atoms with E-state index in [1.54, 1.807) is 0 Å². The van der Waals surface area contributed by atoms with Gasteiger partial charge < -0.3 is 10.5 Å². The monoisotopic (exact) mass is 276 g/mol. The summed E-state index contributed by atoms with van der Waals surface area (Å²) in [6.45, 7) is 4.59. The molecule has 0 radical (unpaired) electrons. The summed E-state index contributed by atoms with van der Waals surface area (Å²) in [6, 6.07) is 11.6. The number of hydrogen-bond acceptors (Lipinski definition) is 3. The second-order valence-corrected chi connectivity index (χ2v) is 5.83. The molecule has 1 fully saturated rings. The largest absolute Gasteiger partial charge is 0.380 e. The van der Waals surface area contributed by atoms with Crippen LogP contribution in [-0.2, 0) is 4.74 Å². The molecule has 1 saturated carbocycles. The maximum Gasteiger partial charge on any atom is 0.0593 e. The summed E-state index contributed by atoms with van der Waals surface area (Å²) >= 11 is 0. The number of ether oxygens (including phenoxy) is 1. The van der Waals surface area contributed by atoms with E-state index in [1.165, 1.54) is 12.0 Å². The van der Waals surface area contributed by atoms with Crippen LogP contribution in [0.3, 0.4) is 0 Å². The summed E-state index contributed by atoms with van der Waals surface area (Å²) in [7, 11) is 2.18. The Bertz CT molecular complexity index is 382. The fraction of sp³-hybridized carbons (Fsp3) is 0.647. The predicted molar refractivity (Wildman–Crippen MR) is 83.9 cm³/mol. The van der Waals surface area contributed by atoms with Crippen LogP contribution in [0.15, 0.2) is 30.3 Å². The first-order valence-electron chi connectivity index (χ1n) is 7.81. The van der Waals surface area contributed by atoms with Crippen molar-refractivity contribution < 1.29 is 4.74 Å². The van der Waals surface area contributed by atoms with Gasteiger partial charge in [-0.2, -0.15) is 0 Å². The van der Waals surface area contributed by atoms with Gasteiger partial charge in [-0.1, -0.05) is 30.3 Å². The Morgan fingerprint density at radius 2 is 2.00 bits per heavy atom. The molecule has 20 heavy (non-hydrogen) atoms. The van der Waals surface area contributed by atoms with Crippen LogP contribution < -0.4 is 5.73 Å². The highest BCUT2D eigenvalue weighted by Crippen LogP contribution is 2.34. The molecule has 3 heteroatoms. The van der Waals surface area contributed by atoms with Gasteiger partial charge in [0.1, 0.15) is 0 Å². The summed E-state index contributed by atoms with van der Waals surface area (Å²) in [4.78, 5) is 2.38. The van der Waals surface area contributed by atoms with Gasteiger partial charge in [-0.05, 0) is 44.7 Å². The van der Waals surface area contributed by atoms with Crippen molar-refractivity contribution in [2.24, 2.45) is 5.73 Å². The van der Waals surface area contributed by atoms with Crippen molar-refractivity contribution in [1.29, 1.82) is 0 Å². The summed E-state index contributed by atoms with van der Waals surface area (Å²) < 4.78 is 5.46. The van der Waals surface area contributed by atoms with Gasteiger partial charge in [0.2, 0.25) is 0 Å². The summed E-state index contributed by atoms with van der Waals surface area (Å²) in [5.41, 5.74) is 7.80. The minimum atomic E-state index is 0.293. The van der Waals surface area contributed by atoms with Crippen LogP contribution in [0.1, 0.15) is 37.7 Å². The van der Waals surface area contributed by atoms with Crippen molar-refractivity contribution in [2.75, 3.05) is 26.8 Å². The lowest BCUT2D eigenvalue weighted by molar-refractivity contribution is 0.0877. The van der Waals surface area contributed by atoms with Crippen molar-refractivity contribution in [2.45, 2.75) is 44.2 Å². The lowest BCUT2D eigenvalue weighted by atomic mass is 9.78. The van der Waals surface area contributed by atoms with Gasteiger partial charge in [-0.3, -0.25) is 4.90 Å². The fourth-order valence-corrected chi connectivity index (χ4v) is 3.22. The van der Waals surface area contributed by atoms with Crippen LogP contribution in [0.5, 0.6) is 0 Å². The van der Waals surface area contributed by atoms with E-state index in [-0.39, 0.29) is 0 Å². The fourth-order valence-electron chi connectivity index (χ4n) is 3.22. The number of benzene rings is 1. The molecule has 1 aromatic rings. The topological polar surface area (TPSA) is 38.5 Å². The molecule has 3 atom stereocenters. The minimum absolute atomic E-state index is 0.293. The predicted octanol–water partition coefficient (Wildman–Crippen LogP) is 2.62. The smallest absolute Gasteiger partial charge is 0.0593 e. The van der Waals surface area contributed by atoms with E-state index in [0.29, 0.717) is 18.0 Å². The van der Waals surface area contributed by atoms with E-state index >= 15 is 0 Å². The van der Waals surface area contributed by atoms with Crippen LogP contribution in [0.4, 0.5) is 0 Å². The van der Waals surface area contributed by atoms with Gasteiger partial charge in [0, 0.05) is 25.2 Å². The van der Waals surface area contributed by atoms with Crippen molar-refractivity contribution in [3.05, 3.63) is 35.9 Å². The molecule has 0 heterocycles. The molecule has 1 aromatic carbocycles. The molecule has 1 aliphatic carbocycles. The Hall–Kier alpha value is -0.900. The molecule has 112 valence electrons. The summed E-state index contributed by atoms with van der Waals surface area (Å²) in [5.74, 6) is 0.649. The first-order chi connectivity index (χ1) is 9.72. The molecule has 2 rings (SSSR count). The van der Waals surface area contributed by atoms with E-state index < -0.39 is 0 Å². The molecule has 0 spiro atoms. The van der Waals surface area contributed by atoms with E-state index in [2.05, 4.69) is 42.3 Å². The summed E-state index contributed by atoms with van der Waals surface area (Å²) in [6.07, 6.45) is 3.48. The number of nitrogens with two attached hydrogens (primary N) is 1. The van der Waals surface area contributed by atoms with E-state index in [1.807, 2.05) is 6.92 Å². The molecule has 3 unspecified atom stereocenters. The molecule has 0 amide bonds. The molecule has 1 aliphatic rings. The summed E-state index contributed by atoms with van der Waals surface area (Å²) in [5, 5.41) is 0. The van der Waals surface area contributed by atoms with Crippen LogP contribution in [0.25, 0.3) is 0 Å². The highest BCUT2D eigenvalue weighted by Gasteiger charge is 2.31. The Morgan fingerprint density at radius 1 is 1.25 bits per heavy atom. The van der Waals surface area contributed by atoms with Crippen molar-refractivity contribution in [3.63, 3.8) is 0 Å². The Balaban J connectivity index is 1.94. The zero-order valence-electron chi connectivity index (χ0n) is 12.8. The number of nitrogens with zero attached hydrogens (tertiary/aromatic N) is 1. The lowest BCUT2D eigenvalue weighted by Gasteiger charge is -2.39. The molecular weight excluding hydrogens is 248 g/mol. The second-order valence-electron chi connectivity index (χ2n) is 5.83. The van der Waals surface area contributed by atoms with Gasteiger partial charge in [-0.25, -0.2) is 0 Å². The maximum absolute atomic E-state index is 6.34. The molecule has 2 N–H and O–H groups in total. The van der Waals surface area contributed by atoms with Gasteiger partial charge >= 0.3 is 0 Å². The third-order valence-corrected chi connectivity index (χ3v) is 4.50. The van der Waals surface area contributed by atoms with Crippen LogP contribution in [-0.4, -0.2) is 43.8 Å². The number of likely N-dealkylation sites (N-methyl/N-ethyl adjacent to an activating group) is 1. The highest BCUT2D eigenvalue weighted by atomic mass is 16.5. The molecule has 0 saturated heterocycles. The third kappa shape index (κ3) is 4.05. The van der Waals surface area contributed by atoms with Crippen LogP contribution in [0.2, 0.25) is 0 Å². The average molecular weight is 276 g/mol. The lowest BCUT2D eigenvalue weighted by Crippen LogP contribution is -2.50.